The van der Waals surface area contributed by atoms with Gasteiger partial charge in [0.05, 0.1) is 23.7 Å². The molecule has 0 saturated heterocycles. The number of nitrogens with one attached hydrogen (secondary N) is 1. The second-order valence-corrected chi connectivity index (χ2v) is 8.08. The van der Waals surface area contributed by atoms with Crippen molar-refractivity contribution in [3.8, 4) is 0 Å². The molecule has 1 atom stereocenters. The highest BCUT2D eigenvalue weighted by atomic mass is 32.2. The average Bonchev–Trinajstić information content (AvgIpc) is 3.05. The summed E-state index contributed by atoms with van der Waals surface area (Å²) >= 11 is 0. The number of benzene rings is 2. The first kappa shape index (κ1) is 19.0. The zero-order valence-electron chi connectivity index (χ0n) is 15.0. The third-order valence-electron chi connectivity index (χ3n) is 4.24. The third kappa shape index (κ3) is 4.33. The van der Waals surface area contributed by atoms with E-state index in [0.29, 0.717) is 28.9 Å². The summed E-state index contributed by atoms with van der Waals surface area (Å²) in [6.07, 6.45) is 1.69. The van der Waals surface area contributed by atoms with Crippen molar-refractivity contribution in [3.63, 3.8) is 0 Å². The Morgan fingerprint density at radius 1 is 1.26 bits per heavy atom. The molecule has 2 aromatic carbocycles. The Labute approximate surface area is 157 Å². The van der Waals surface area contributed by atoms with Crippen LogP contribution in [0.3, 0.4) is 0 Å². The molecule has 1 aliphatic heterocycles. The summed E-state index contributed by atoms with van der Waals surface area (Å²) in [5.41, 5.74) is 2.19. The Hall–Kier alpha value is -2.74. The summed E-state index contributed by atoms with van der Waals surface area (Å²) in [6.45, 7) is 1.73. The van der Waals surface area contributed by atoms with Gasteiger partial charge in [-0.3, -0.25) is 9.52 Å². The highest BCUT2D eigenvalue weighted by molar-refractivity contribution is 7.92. The van der Waals surface area contributed by atoms with Gasteiger partial charge < -0.3 is 0 Å². The monoisotopic (exact) mass is 389 g/mol. The van der Waals surface area contributed by atoms with E-state index in [2.05, 4.69) is 9.82 Å². The molecule has 3 rings (SSSR count). The van der Waals surface area contributed by atoms with Crippen molar-refractivity contribution in [3.05, 3.63) is 65.5 Å². The maximum absolute atomic E-state index is 13.7. The lowest BCUT2D eigenvalue weighted by Gasteiger charge is -2.21. The van der Waals surface area contributed by atoms with Crippen LogP contribution < -0.4 is 4.72 Å². The van der Waals surface area contributed by atoms with Gasteiger partial charge in [-0.15, -0.1) is 0 Å². The number of amides is 1. The van der Waals surface area contributed by atoms with E-state index < -0.39 is 16.1 Å². The summed E-state index contributed by atoms with van der Waals surface area (Å²) in [5.74, 6) is -0.572. The number of rotatable bonds is 5. The zero-order chi connectivity index (χ0) is 19.6. The van der Waals surface area contributed by atoms with Gasteiger partial charge in [0.25, 0.3) is 0 Å². The van der Waals surface area contributed by atoms with Gasteiger partial charge >= 0.3 is 0 Å². The minimum atomic E-state index is -3.47. The largest absolute Gasteiger partial charge is 0.283 e. The predicted octanol–water partition coefficient (Wildman–Crippen LogP) is 3.28. The maximum Gasteiger partial charge on any atom is 0.242 e. The Kier molecular flexibility index (Phi) is 5.27. The minimum absolute atomic E-state index is 0.187. The normalized spacial score (nSPS) is 16.9. The molecule has 8 heteroatoms. The molecule has 0 saturated carbocycles. The standard InChI is InChI=1S/C19H20FN3O3S/c1-3-19(24)23-18(13-7-6-8-14(20)11-13)12-17(21-23)15-9-4-5-10-16(15)22-27(2,25)26/h4-11,18,22H,3,12H2,1-2H3/t18-/m0/s1. The first-order chi connectivity index (χ1) is 12.8. The van der Waals surface area contributed by atoms with Crippen LogP contribution in [-0.2, 0) is 14.8 Å². The smallest absolute Gasteiger partial charge is 0.242 e. The van der Waals surface area contributed by atoms with E-state index in [4.69, 9.17) is 0 Å². The van der Waals surface area contributed by atoms with Crippen LogP contribution in [-0.4, -0.2) is 31.3 Å². The lowest BCUT2D eigenvalue weighted by atomic mass is 9.97. The number of hydrogen-bond acceptors (Lipinski definition) is 4. The molecule has 0 spiro atoms. The number of carbonyl (C=O) groups excluding carboxylic acids is 1. The van der Waals surface area contributed by atoms with Crippen LogP contribution >= 0.6 is 0 Å². The molecular weight excluding hydrogens is 369 g/mol. The molecule has 27 heavy (non-hydrogen) atoms. The van der Waals surface area contributed by atoms with Crippen molar-refractivity contribution in [2.24, 2.45) is 5.10 Å². The molecule has 2 aromatic rings. The molecule has 0 unspecified atom stereocenters. The van der Waals surface area contributed by atoms with E-state index in [1.807, 2.05) is 0 Å². The van der Waals surface area contributed by atoms with Crippen LogP contribution in [0.5, 0.6) is 0 Å². The van der Waals surface area contributed by atoms with E-state index in [1.54, 1.807) is 43.3 Å². The van der Waals surface area contributed by atoms with E-state index in [0.717, 1.165) is 6.26 Å². The molecule has 0 fully saturated rings. The van der Waals surface area contributed by atoms with E-state index >= 15 is 0 Å². The molecule has 0 bridgehead atoms. The van der Waals surface area contributed by atoms with Gasteiger partial charge in [-0.2, -0.15) is 5.10 Å². The predicted molar refractivity (Wildman–Crippen MR) is 102 cm³/mol. The van der Waals surface area contributed by atoms with Crippen molar-refractivity contribution in [2.45, 2.75) is 25.8 Å². The highest BCUT2D eigenvalue weighted by Gasteiger charge is 2.33. The Morgan fingerprint density at radius 3 is 2.67 bits per heavy atom. The Morgan fingerprint density at radius 2 is 2.00 bits per heavy atom. The zero-order valence-corrected chi connectivity index (χ0v) is 15.8. The number of para-hydroxylation sites is 1. The molecule has 1 heterocycles. The van der Waals surface area contributed by atoms with Crippen molar-refractivity contribution >= 4 is 27.3 Å². The molecule has 0 aromatic heterocycles. The fraction of sp³-hybridized carbons (Fsp3) is 0.263. The first-order valence-corrected chi connectivity index (χ1v) is 10.4. The number of hydrazone groups is 1. The first-order valence-electron chi connectivity index (χ1n) is 8.50. The third-order valence-corrected chi connectivity index (χ3v) is 4.83. The van der Waals surface area contributed by atoms with Crippen LogP contribution in [0.15, 0.2) is 53.6 Å². The number of carbonyl (C=O) groups is 1. The van der Waals surface area contributed by atoms with Gasteiger partial charge in [-0.05, 0) is 23.8 Å². The molecule has 0 aliphatic carbocycles. The van der Waals surface area contributed by atoms with Gasteiger partial charge in [0.15, 0.2) is 0 Å². The van der Waals surface area contributed by atoms with Crippen molar-refractivity contribution in [1.29, 1.82) is 0 Å². The summed E-state index contributed by atoms with van der Waals surface area (Å²) in [7, 11) is -3.47. The maximum atomic E-state index is 13.7. The highest BCUT2D eigenvalue weighted by Crippen LogP contribution is 2.35. The molecule has 0 radical (unpaired) electrons. The number of anilines is 1. The molecular formula is C19H20FN3O3S. The molecule has 1 N–H and O–H groups in total. The molecule has 142 valence electrons. The molecule has 1 amide bonds. The number of halogens is 1. The summed E-state index contributed by atoms with van der Waals surface area (Å²) in [6, 6.07) is 12.5. The van der Waals surface area contributed by atoms with Crippen LogP contribution in [0, 0.1) is 5.82 Å². The van der Waals surface area contributed by atoms with Gasteiger partial charge in [0.2, 0.25) is 15.9 Å². The average molecular weight is 389 g/mol. The van der Waals surface area contributed by atoms with Crippen molar-refractivity contribution in [2.75, 3.05) is 11.0 Å². The number of nitrogens with zero attached hydrogens (tertiary/aromatic N) is 2. The molecule has 1 aliphatic rings. The van der Waals surface area contributed by atoms with Gasteiger partial charge in [0.1, 0.15) is 5.82 Å². The topological polar surface area (TPSA) is 78.8 Å². The van der Waals surface area contributed by atoms with E-state index in [-0.39, 0.29) is 18.1 Å². The minimum Gasteiger partial charge on any atom is -0.283 e. The number of hydrogen-bond donors (Lipinski definition) is 1. The van der Waals surface area contributed by atoms with Crippen LogP contribution in [0.2, 0.25) is 0 Å². The van der Waals surface area contributed by atoms with Crippen LogP contribution in [0.25, 0.3) is 0 Å². The van der Waals surface area contributed by atoms with Crippen LogP contribution in [0.4, 0.5) is 10.1 Å². The second kappa shape index (κ2) is 7.48. The summed E-state index contributed by atoms with van der Waals surface area (Å²) in [5, 5.41) is 5.81. The Balaban J connectivity index is 2.02. The summed E-state index contributed by atoms with van der Waals surface area (Å²) in [4.78, 5) is 12.4. The fourth-order valence-electron chi connectivity index (χ4n) is 3.06. The van der Waals surface area contributed by atoms with Crippen LogP contribution in [0.1, 0.15) is 36.9 Å². The molecule has 6 nitrogen and oxygen atoms in total. The van der Waals surface area contributed by atoms with Gasteiger partial charge in [0, 0.05) is 18.4 Å². The fourth-order valence-corrected chi connectivity index (χ4v) is 3.64. The number of sulfonamides is 1. The lowest BCUT2D eigenvalue weighted by Crippen LogP contribution is -2.26. The lowest BCUT2D eigenvalue weighted by molar-refractivity contribution is -0.132. The second-order valence-electron chi connectivity index (χ2n) is 6.33. The van der Waals surface area contributed by atoms with Gasteiger partial charge in [-0.1, -0.05) is 37.3 Å². The SMILES string of the molecule is CCC(=O)N1N=C(c2ccccc2NS(C)(=O)=O)C[C@H]1c1cccc(F)c1. The van der Waals surface area contributed by atoms with E-state index in [1.165, 1.54) is 17.1 Å². The van der Waals surface area contributed by atoms with E-state index in [9.17, 15) is 17.6 Å². The van der Waals surface area contributed by atoms with Crippen molar-refractivity contribution in [1.82, 2.24) is 5.01 Å². The summed E-state index contributed by atoms with van der Waals surface area (Å²) < 4.78 is 39.5. The Bertz CT molecular complexity index is 1000. The quantitative estimate of drug-likeness (QED) is 0.852. The van der Waals surface area contributed by atoms with Gasteiger partial charge in [-0.25, -0.2) is 17.8 Å². The van der Waals surface area contributed by atoms with Crippen molar-refractivity contribution < 1.29 is 17.6 Å².